The molecule has 2 amide bonds. The average molecular weight is 331 g/mol. The van der Waals surface area contributed by atoms with E-state index in [2.05, 4.69) is 31.1 Å². The molecule has 9 heteroatoms. The fraction of sp³-hybridized carbons (Fsp3) is 0.667. The molecule has 0 radical (unpaired) electrons. The number of urea groups is 1. The summed E-state index contributed by atoms with van der Waals surface area (Å²) in [5.41, 5.74) is 1.12. The van der Waals surface area contributed by atoms with Crippen molar-refractivity contribution in [2.24, 2.45) is 11.3 Å². The predicted molar refractivity (Wildman–Crippen MR) is 84.3 cm³/mol. The number of rotatable bonds is 6. The minimum absolute atomic E-state index is 0.229. The molecular weight excluding hydrogens is 310 g/mol. The van der Waals surface area contributed by atoms with Crippen molar-refractivity contribution in [2.75, 3.05) is 11.9 Å². The van der Waals surface area contributed by atoms with Gasteiger partial charge in [0, 0.05) is 13.5 Å². The van der Waals surface area contributed by atoms with E-state index >= 15 is 0 Å². The maximum atomic E-state index is 12.1. The van der Waals surface area contributed by atoms with E-state index < -0.39 is 0 Å². The van der Waals surface area contributed by atoms with Crippen LogP contribution in [0.2, 0.25) is 0 Å². The number of anilines is 1. The molecule has 2 aromatic heterocycles. The zero-order chi connectivity index (χ0) is 16.7. The lowest BCUT2D eigenvalue weighted by Crippen LogP contribution is -2.34. The molecule has 2 heterocycles. The lowest BCUT2D eigenvalue weighted by Gasteiger charge is -2.15. The fourth-order valence-electron chi connectivity index (χ4n) is 3.16. The van der Waals surface area contributed by atoms with Crippen molar-refractivity contribution in [3.05, 3.63) is 17.4 Å². The van der Waals surface area contributed by atoms with Gasteiger partial charge in [0.05, 0.1) is 5.69 Å². The maximum absolute atomic E-state index is 12.1. The van der Waals surface area contributed by atoms with Crippen LogP contribution in [0.15, 0.2) is 4.52 Å². The lowest BCUT2D eigenvalue weighted by molar-refractivity contribution is 0.248. The van der Waals surface area contributed by atoms with Crippen LogP contribution in [0.1, 0.15) is 43.1 Å². The molecule has 0 unspecified atom stereocenters. The Balaban J connectivity index is 1.33. The second-order valence-electron chi connectivity index (χ2n) is 6.86. The molecule has 2 aromatic rings. The van der Waals surface area contributed by atoms with Crippen LogP contribution in [0.25, 0.3) is 0 Å². The van der Waals surface area contributed by atoms with Crippen molar-refractivity contribution in [2.45, 2.75) is 46.1 Å². The highest BCUT2D eigenvalue weighted by Gasteiger charge is 2.53. The first kappa shape index (κ1) is 15.1. The van der Waals surface area contributed by atoms with Crippen LogP contribution < -0.4 is 10.6 Å². The molecular formula is C15H21N7O2. The first-order valence-electron chi connectivity index (χ1n) is 8.30. The molecule has 24 heavy (non-hydrogen) atoms. The van der Waals surface area contributed by atoms with Crippen molar-refractivity contribution in [3.8, 4) is 0 Å². The van der Waals surface area contributed by atoms with E-state index in [9.17, 15) is 4.79 Å². The summed E-state index contributed by atoms with van der Waals surface area (Å²) in [5, 5.41) is 17.6. The molecule has 0 bridgehead atoms. The fourth-order valence-corrected chi connectivity index (χ4v) is 3.16. The van der Waals surface area contributed by atoms with Gasteiger partial charge in [0.15, 0.2) is 11.6 Å². The Hall–Kier alpha value is -2.45. The largest absolute Gasteiger partial charge is 0.340 e. The second kappa shape index (κ2) is 5.57. The molecule has 0 aliphatic heterocycles. The van der Waals surface area contributed by atoms with Crippen LogP contribution in [-0.4, -0.2) is 37.7 Å². The van der Waals surface area contributed by atoms with E-state index in [0.717, 1.165) is 18.2 Å². The quantitative estimate of drug-likeness (QED) is 0.832. The van der Waals surface area contributed by atoms with E-state index in [0.29, 0.717) is 29.5 Å². The number of nitrogens with one attached hydrogen (secondary N) is 2. The Kier molecular flexibility index (Phi) is 3.50. The topological polar surface area (TPSA) is 111 Å². The summed E-state index contributed by atoms with van der Waals surface area (Å²) in [6, 6.07) is -0.229. The summed E-state index contributed by atoms with van der Waals surface area (Å²) in [6.07, 6.45) is 5.09. The van der Waals surface area contributed by atoms with Crippen molar-refractivity contribution in [3.63, 3.8) is 0 Å². The van der Waals surface area contributed by atoms with Crippen LogP contribution in [0.5, 0.6) is 0 Å². The van der Waals surface area contributed by atoms with Gasteiger partial charge in [0.25, 0.3) is 0 Å². The van der Waals surface area contributed by atoms with Gasteiger partial charge in [0.1, 0.15) is 6.54 Å². The van der Waals surface area contributed by atoms with Crippen LogP contribution in [0.4, 0.5) is 10.6 Å². The van der Waals surface area contributed by atoms with Gasteiger partial charge >= 0.3 is 6.03 Å². The van der Waals surface area contributed by atoms with E-state index in [1.54, 1.807) is 11.6 Å². The van der Waals surface area contributed by atoms with Gasteiger partial charge < -0.3 is 9.84 Å². The molecule has 2 aliphatic rings. The summed E-state index contributed by atoms with van der Waals surface area (Å²) in [6.45, 7) is 4.68. The summed E-state index contributed by atoms with van der Waals surface area (Å²) >= 11 is 0. The molecule has 0 aromatic carbocycles. The van der Waals surface area contributed by atoms with Crippen molar-refractivity contribution >= 4 is 11.8 Å². The number of hydrogen-bond donors (Lipinski definition) is 2. The summed E-state index contributed by atoms with van der Waals surface area (Å²) < 4.78 is 6.57. The minimum Gasteiger partial charge on any atom is -0.340 e. The molecule has 4 rings (SSSR count). The Morgan fingerprint density at radius 1 is 1.38 bits per heavy atom. The van der Waals surface area contributed by atoms with Gasteiger partial charge in [-0.1, -0.05) is 10.4 Å². The highest BCUT2D eigenvalue weighted by atomic mass is 16.5. The molecule has 9 nitrogen and oxygen atoms in total. The van der Waals surface area contributed by atoms with Crippen LogP contribution in [0.3, 0.4) is 0 Å². The number of carbonyl (C=O) groups is 1. The Labute approximate surface area is 139 Å². The monoisotopic (exact) mass is 331 g/mol. The normalized spacial score (nSPS) is 18.4. The molecule has 0 spiro atoms. The Morgan fingerprint density at radius 2 is 2.17 bits per heavy atom. The first-order chi connectivity index (χ1) is 11.6. The number of aryl methyl sites for hydroxylation is 1. The first-order valence-corrected chi connectivity index (χ1v) is 8.30. The van der Waals surface area contributed by atoms with E-state index in [-0.39, 0.29) is 6.03 Å². The molecule has 2 N–H and O–H groups in total. The molecule has 2 fully saturated rings. The number of nitrogens with zero attached hydrogens (tertiary/aromatic N) is 5. The number of aromatic nitrogens is 5. The third-order valence-electron chi connectivity index (χ3n) is 5.01. The zero-order valence-electron chi connectivity index (χ0n) is 13.9. The Bertz CT molecular complexity index is 758. The lowest BCUT2D eigenvalue weighted by atomic mass is 10.0. The minimum atomic E-state index is -0.229. The molecule has 0 atom stereocenters. The second-order valence-corrected chi connectivity index (χ2v) is 6.86. The van der Waals surface area contributed by atoms with E-state index in [4.69, 9.17) is 4.52 Å². The Morgan fingerprint density at radius 3 is 2.79 bits per heavy atom. The van der Waals surface area contributed by atoms with Gasteiger partial charge in [-0.3, -0.25) is 5.32 Å². The highest BCUT2D eigenvalue weighted by molar-refractivity contribution is 5.88. The van der Waals surface area contributed by atoms with Gasteiger partial charge in [-0.15, -0.1) is 5.10 Å². The van der Waals surface area contributed by atoms with Gasteiger partial charge in [-0.05, 0) is 43.9 Å². The highest BCUT2D eigenvalue weighted by Crippen LogP contribution is 2.60. The van der Waals surface area contributed by atoms with Crippen LogP contribution in [0, 0.1) is 25.2 Å². The molecule has 128 valence electrons. The average Bonchev–Trinajstić information content (AvgIpc) is 3.46. The van der Waals surface area contributed by atoms with Crippen LogP contribution >= 0.6 is 0 Å². The van der Waals surface area contributed by atoms with Crippen molar-refractivity contribution in [1.82, 2.24) is 30.5 Å². The number of amides is 2. The van der Waals surface area contributed by atoms with E-state index in [1.807, 2.05) is 6.92 Å². The molecule has 0 saturated heterocycles. The SMILES string of the molecule is Cc1nc(Cn2nnc(NC(=O)NCC3(C4CC4)CC3)c2C)no1. The third kappa shape index (κ3) is 2.98. The van der Waals surface area contributed by atoms with Crippen molar-refractivity contribution in [1.29, 1.82) is 0 Å². The van der Waals surface area contributed by atoms with Gasteiger partial charge in [-0.2, -0.15) is 4.98 Å². The van der Waals surface area contributed by atoms with Crippen LogP contribution in [-0.2, 0) is 6.54 Å². The molecule has 2 saturated carbocycles. The van der Waals surface area contributed by atoms with E-state index in [1.165, 1.54) is 25.7 Å². The standard InChI is InChI=1S/C15H21N7O2/c1-9-13(19-21-22(9)7-12-17-10(2)24-20-12)18-14(23)16-8-15(5-6-15)11-3-4-11/h11H,3-8H2,1-2H3,(H2,16,18,23). The van der Waals surface area contributed by atoms with Gasteiger partial charge in [-0.25, -0.2) is 9.48 Å². The van der Waals surface area contributed by atoms with Crippen molar-refractivity contribution < 1.29 is 9.32 Å². The molecule has 2 aliphatic carbocycles. The summed E-state index contributed by atoms with van der Waals surface area (Å²) in [7, 11) is 0. The zero-order valence-corrected chi connectivity index (χ0v) is 13.9. The van der Waals surface area contributed by atoms with Gasteiger partial charge in [0.2, 0.25) is 5.89 Å². The number of hydrogen-bond acceptors (Lipinski definition) is 6. The summed E-state index contributed by atoms with van der Waals surface area (Å²) in [5.74, 6) is 2.30. The smallest absolute Gasteiger partial charge is 0.320 e. The summed E-state index contributed by atoms with van der Waals surface area (Å²) in [4.78, 5) is 16.3. The number of carbonyl (C=O) groups excluding carboxylic acids is 1. The third-order valence-corrected chi connectivity index (χ3v) is 5.01. The maximum Gasteiger partial charge on any atom is 0.320 e. The predicted octanol–water partition coefficient (Wildman–Crippen LogP) is 1.64.